The first-order chi connectivity index (χ1) is 7.29. The lowest BCUT2D eigenvalue weighted by Crippen LogP contribution is -1.94. The van der Waals surface area contributed by atoms with Gasteiger partial charge in [0, 0.05) is 10.7 Å². The Morgan fingerprint density at radius 2 is 2.27 bits per heavy atom. The maximum atomic E-state index is 5.32. The normalized spacial score (nSPS) is 10.3. The minimum atomic E-state index is 0.641. The number of nitrogens with zero attached hydrogens (tertiary/aromatic N) is 3. The van der Waals surface area contributed by atoms with Crippen molar-refractivity contribution < 1.29 is 4.74 Å². The Kier molecular flexibility index (Phi) is 3.01. The molecule has 0 amide bonds. The van der Waals surface area contributed by atoms with Crippen LogP contribution >= 0.6 is 15.9 Å². The fourth-order valence-corrected chi connectivity index (χ4v) is 1.57. The summed E-state index contributed by atoms with van der Waals surface area (Å²) in [5.41, 5.74) is 0.898. The van der Waals surface area contributed by atoms with Gasteiger partial charge in [0.2, 0.25) is 0 Å². The zero-order valence-corrected chi connectivity index (χ0v) is 9.81. The van der Waals surface area contributed by atoms with E-state index in [4.69, 9.17) is 4.74 Å². The molecule has 0 N–H and O–H groups in total. The van der Waals surface area contributed by atoms with Crippen LogP contribution < -0.4 is 4.74 Å². The molecule has 2 heterocycles. The van der Waals surface area contributed by atoms with Gasteiger partial charge in [-0.1, -0.05) is 0 Å². The Morgan fingerprint density at radius 1 is 1.40 bits per heavy atom. The lowest BCUT2D eigenvalue weighted by Gasteiger charge is -2.00. The van der Waals surface area contributed by atoms with E-state index >= 15 is 0 Å². The zero-order chi connectivity index (χ0) is 10.7. The standard InChI is InChI=1S/C10H10BrN3O/c1-2-15-10-6-13-14(7-10)9-3-8(11)4-12-5-9/h3-7H,2H2,1H3. The number of hydrogen-bond donors (Lipinski definition) is 0. The van der Waals surface area contributed by atoms with E-state index in [1.54, 1.807) is 23.3 Å². The van der Waals surface area contributed by atoms with Crippen LogP contribution in [0.2, 0.25) is 0 Å². The van der Waals surface area contributed by atoms with E-state index < -0.39 is 0 Å². The van der Waals surface area contributed by atoms with Crippen molar-refractivity contribution in [2.45, 2.75) is 6.92 Å². The summed E-state index contributed by atoms with van der Waals surface area (Å²) in [5.74, 6) is 0.762. The first-order valence-electron chi connectivity index (χ1n) is 4.58. The molecule has 0 fully saturated rings. The molecule has 0 unspecified atom stereocenters. The number of rotatable bonds is 3. The van der Waals surface area contributed by atoms with Crippen LogP contribution in [0.5, 0.6) is 5.75 Å². The molecule has 0 aliphatic heterocycles. The molecule has 0 aliphatic carbocycles. The van der Waals surface area contributed by atoms with Crippen LogP contribution in [0.25, 0.3) is 5.69 Å². The second-order valence-electron chi connectivity index (χ2n) is 2.91. The van der Waals surface area contributed by atoms with E-state index in [1.807, 2.05) is 19.2 Å². The van der Waals surface area contributed by atoms with Crippen molar-refractivity contribution in [3.8, 4) is 11.4 Å². The van der Waals surface area contributed by atoms with Crippen LogP contribution in [-0.4, -0.2) is 21.4 Å². The van der Waals surface area contributed by atoms with Crippen molar-refractivity contribution in [1.29, 1.82) is 0 Å². The summed E-state index contributed by atoms with van der Waals surface area (Å²) in [7, 11) is 0. The van der Waals surface area contributed by atoms with E-state index in [9.17, 15) is 0 Å². The van der Waals surface area contributed by atoms with E-state index in [0.29, 0.717) is 6.61 Å². The summed E-state index contributed by atoms with van der Waals surface area (Å²) in [6.07, 6.45) is 6.99. The molecule has 0 saturated carbocycles. The number of aromatic nitrogens is 3. The molecular formula is C10H10BrN3O. The number of ether oxygens (including phenoxy) is 1. The second-order valence-corrected chi connectivity index (χ2v) is 3.83. The number of hydrogen-bond acceptors (Lipinski definition) is 3. The highest BCUT2D eigenvalue weighted by molar-refractivity contribution is 9.10. The monoisotopic (exact) mass is 267 g/mol. The van der Waals surface area contributed by atoms with Crippen molar-refractivity contribution in [3.63, 3.8) is 0 Å². The van der Waals surface area contributed by atoms with Crippen LogP contribution in [-0.2, 0) is 0 Å². The Labute approximate surface area is 96.0 Å². The molecule has 78 valence electrons. The fourth-order valence-electron chi connectivity index (χ4n) is 1.21. The van der Waals surface area contributed by atoms with Gasteiger partial charge in [-0.25, -0.2) is 4.68 Å². The molecule has 0 aromatic carbocycles. The van der Waals surface area contributed by atoms with E-state index in [-0.39, 0.29) is 0 Å². The Bertz CT molecular complexity index is 455. The molecule has 15 heavy (non-hydrogen) atoms. The summed E-state index contributed by atoms with van der Waals surface area (Å²) in [4.78, 5) is 4.07. The average Bonchev–Trinajstić information content (AvgIpc) is 2.67. The second kappa shape index (κ2) is 4.44. The van der Waals surface area contributed by atoms with Crippen molar-refractivity contribution in [2.24, 2.45) is 0 Å². The van der Waals surface area contributed by atoms with Crippen LogP contribution in [0, 0.1) is 0 Å². The molecule has 5 heteroatoms. The van der Waals surface area contributed by atoms with Crippen LogP contribution in [0.4, 0.5) is 0 Å². The third-order valence-electron chi connectivity index (χ3n) is 1.82. The van der Waals surface area contributed by atoms with Gasteiger partial charge in [0.25, 0.3) is 0 Å². The van der Waals surface area contributed by atoms with E-state index in [1.165, 1.54) is 0 Å². The van der Waals surface area contributed by atoms with Crippen molar-refractivity contribution in [2.75, 3.05) is 6.61 Å². The highest BCUT2D eigenvalue weighted by Crippen LogP contribution is 2.16. The molecule has 2 aromatic heterocycles. The first-order valence-corrected chi connectivity index (χ1v) is 5.37. The molecule has 0 aliphatic rings. The van der Waals surface area contributed by atoms with E-state index in [0.717, 1.165) is 15.9 Å². The smallest absolute Gasteiger partial charge is 0.157 e. The maximum Gasteiger partial charge on any atom is 0.157 e. The van der Waals surface area contributed by atoms with Gasteiger partial charge in [-0.2, -0.15) is 5.10 Å². The topological polar surface area (TPSA) is 39.9 Å². The lowest BCUT2D eigenvalue weighted by atomic mass is 10.4. The van der Waals surface area contributed by atoms with Crippen molar-refractivity contribution in [3.05, 3.63) is 35.3 Å². The molecular weight excluding hydrogens is 258 g/mol. The van der Waals surface area contributed by atoms with Crippen molar-refractivity contribution in [1.82, 2.24) is 14.8 Å². The minimum Gasteiger partial charge on any atom is -0.491 e. The summed E-state index contributed by atoms with van der Waals surface area (Å²) in [6.45, 7) is 2.58. The highest BCUT2D eigenvalue weighted by atomic mass is 79.9. The molecule has 0 radical (unpaired) electrons. The lowest BCUT2D eigenvalue weighted by molar-refractivity contribution is 0.340. The molecule has 2 rings (SSSR count). The quantitative estimate of drug-likeness (QED) is 0.858. The summed E-state index contributed by atoms with van der Waals surface area (Å²) < 4.78 is 7.97. The summed E-state index contributed by atoms with van der Waals surface area (Å²) in [6, 6.07) is 1.94. The average molecular weight is 268 g/mol. The van der Waals surface area contributed by atoms with Crippen LogP contribution in [0.1, 0.15) is 6.92 Å². The van der Waals surface area contributed by atoms with Crippen LogP contribution in [0.15, 0.2) is 35.3 Å². The maximum absolute atomic E-state index is 5.32. The summed E-state index contributed by atoms with van der Waals surface area (Å²) in [5, 5.41) is 4.18. The molecule has 2 aromatic rings. The van der Waals surface area contributed by atoms with E-state index in [2.05, 4.69) is 26.0 Å². The van der Waals surface area contributed by atoms with Gasteiger partial charge < -0.3 is 4.74 Å². The molecule has 0 bridgehead atoms. The van der Waals surface area contributed by atoms with Crippen LogP contribution in [0.3, 0.4) is 0 Å². The fraction of sp³-hybridized carbons (Fsp3) is 0.200. The predicted octanol–water partition coefficient (Wildman–Crippen LogP) is 2.43. The van der Waals surface area contributed by atoms with Gasteiger partial charge in [-0.05, 0) is 28.9 Å². The Morgan fingerprint density at radius 3 is 3.00 bits per heavy atom. The molecule has 0 atom stereocenters. The summed E-state index contributed by atoms with van der Waals surface area (Å²) >= 11 is 3.36. The highest BCUT2D eigenvalue weighted by Gasteiger charge is 2.01. The SMILES string of the molecule is CCOc1cnn(-c2cncc(Br)c2)c1. The Hall–Kier alpha value is -1.36. The number of pyridine rings is 1. The van der Waals surface area contributed by atoms with Gasteiger partial charge in [0.1, 0.15) is 0 Å². The van der Waals surface area contributed by atoms with Gasteiger partial charge >= 0.3 is 0 Å². The Balaban J connectivity index is 2.29. The minimum absolute atomic E-state index is 0.641. The van der Waals surface area contributed by atoms with Gasteiger partial charge in [0.15, 0.2) is 5.75 Å². The largest absolute Gasteiger partial charge is 0.491 e. The first kappa shape index (κ1) is 10.2. The number of halogens is 1. The van der Waals surface area contributed by atoms with Crippen molar-refractivity contribution >= 4 is 15.9 Å². The molecule has 0 spiro atoms. The third-order valence-corrected chi connectivity index (χ3v) is 2.26. The predicted molar refractivity (Wildman–Crippen MR) is 60.2 cm³/mol. The van der Waals surface area contributed by atoms with Gasteiger partial charge in [-0.3, -0.25) is 4.98 Å². The molecule has 4 nitrogen and oxygen atoms in total. The molecule has 0 saturated heterocycles. The zero-order valence-electron chi connectivity index (χ0n) is 8.22. The van der Waals surface area contributed by atoms with Gasteiger partial charge in [0.05, 0.1) is 30.9 Å². The van der Waals surface area contributed by atoms with Gasteiger partial charge in [-0.15, -0.1) is 0 Å². The third kappa shape index (κ3) is 2.36.